The summed E-state index contributed by atoms with van der Waals surface area (Å²) in [5, 5.41) is 8.63. The minimum atomic E-state index is 0.782. The summed E-state index contributed by atoms with van der Waals surface area (Å²) in [5.74, 6) is 0. The number of hydrogen-bond acceptors (Lipinski definition) is 2. The van der Waals surface area contributed by atoms with Crippen LogP contribution in [0.2, 0.25) is 5.02 Å². The molecule has 1 N–H and O–H groups in total. The summed E-state index contributed by atoms with van der Waals surface area (Å²) in [4.78, 5) is 0. The Balaban J connectivity index is 2.16. The number of rotatable bonds is 3. The van der Waals surface area contributed by atoms with Crippen molar-refractivity contribution in [2.24, 2.45) is 7.05 Å². The van der Waals surface area contributed by atoms with Crippen LogP contribution in [-0.4, -0.2) is 9.78 Å². The number of hydrogen-bond donors (Lipinski definition) is 1. The van der Waals surface area contributed by atoms with E-state index in [1.807, 2.05) is 30.8 Å². The molecule has 1 aromatic heterocycles. The summed E-state index contributed by atoms with van der Waals surface area (Å²) in [6.45, 7) is 6.95. The smallest absolute Gasteiger partial charge is 0.0827 e. The van der Waals surface area contributed by atoms with E-state index in [0.29, 0.717) is 0 Å². The van der Waals surface area contributed by atoms with Crippen LogP contribution in [0.1, 0.15) is 22.5 Å². The van der Waals surface area contributed by atoms with Gasteiger partial charge in [0.1, 0.15) is 0 Å². The standard InChI is InChI=1S/C14H18ClN3/c1-9-7-13(15)6-5-12(9)8-16-14-10(2)17-18(4)11(14)3/h5-7,16H,8H2,1-4H3. The van der Waals surface area contributed by atoms with Crippen LogP contribution in [0.4, 0.5) is 5.69 Å². The van der Waals surface area contributed by atoms with Gasteiger partial charge in [-0.1, -0.05) is 17.7 Å². The Morgan fingerprint density at radius 3 is 2.56 bits per heavy atom. The molecule has 3 nitrogen and oxygen atoms in total. The second kappa shape index (κ2) is 5.02. The molecule has 0 aliphatic rings. The van der Waals surface area contributed by atoms with Crippen molar-refractivity contribution in [1.82, 2.24) is 9.78 Å². The lowest BCUT2D eigenvalue weighted by molar-refractivity contribution is 0.731. The maximum absolute atomic E-state index is 5.95. The van der Waals surface area contributed by atoms with Gasteiger partial charge in [0.25, 0.3) is 0 Å². The molecule has 0 radical (unpaired) electrons. The van der Waals surface area contributed by atoms with Crippen LogP contribution < -0.4 is 5.32 Å². The summed E-state index contributed by atoms with van der Waals surface area (Å²) in [6.07, 6.45) is 0. The molecule has 1 aromatic carbocycles. The van der Waals surface area contributed by atoms with Gasteiger partial charge in [-0.3, -0.25) is 4.68 Å². The van der Waals surface area contributed by atoms with E-state index < -0.39 is 0 Å². The molecule has 0 spiro atoms. The van der Waals surface area contributed by atoms with E-state index in [1.165, 1.54) is 11.1 Å². The van der Waals surface area contributed by atoms with Crippen molar-refractivity contribution >= 4 is 17.3 Å². The molecular formula is C14H18ClN3. The average Bonchev–Trinajstić information content (AvgIpc) is 2.53. The van der Waals surface area contributed by atoms with Crippen molar-refractivity contribution in [1.29, 1.82) is 0 Å². The molecule has 0 saturated carbocycles. The minimum absolute atomic E-state index is 0.782. The second-order valence-corrected chi connectivity index (χ2v) is 5.03. The zero-order chi connectivity index (χ0) is 13.3. The number of aromatic nitrogens is 2. The summed E-state index contributed by atoms with van der Waals surface area (Å²) < 4.78 is 1.90. The van der Waals surface area contributed by atoms with Crippen LogP contribution in [0.15, 0.2) is 18.2 Å². The normalized spacial score (nSPS) is 10.7. The lowest BCUT2D eigenvalue weighted by Gasteiger charge is -2.09. The van der Waals surface area contributed by atoms with Crippen LogP contribution in [-0.2, 0) is 13.6 Å². The van der Waals surface area contributed by atoms with Crippen LogP contribution in [0, 0.1) is 20.8 Å². The third-order valence-corrected chi connectivity index (χ3v) is 3.50. The topological polar surface area (TPSA) is 29.9 Å². The molecule has 0 saturated heterocycles. The molecule has 0 amide bonds. The first-order valence-corrected chi connectivity index (χ1v) is 6.36. The first-order valence-electron chi connectivity index (χ1n) is 5.98. The van der Waals surface area contributed by atoms with Gasteiger partial charge in [0.2, 0.25) is 0 Å². The predicted octanol–water partition coefficient (Wildman–Crippen LogP) is 3.61. The van der Waals surface area contributed by atoms with Gasteiger partial charge in [-0.15, -0.1) is 0 Å². The summed E-state index contributed by atoms with van der Waals surface area (Å²) in [5.41, 5.74) is 5.75. The lowest BCUT2D eigenvalue weighted by Crippen LogP contribution is -2.03. The highest BCUT2D eigenvalue weighted by atomic mass is 35.5. The first kappa shape index (κ1) is 13.0. The van der Waals surface area contributed by atoms with Gasteiger partial charge in [0, 0.05) is 18.6 Å². The van der Waals surface area contributed by atoms with Crippen LogP contribution in [0.25, 0.3) is 0 Å². The third kappa shape index (κ3) is 2.51. The molecule has 0 bridgehead atoms. The largest absolute Gasteiger partial charge is 0.378 e. The highest BCUT2D eigenvalue weighted by Crippen LogP contribution is 2.21. The Labute approximate surface area is 113 Å². The Kier molecular flexibility index (Phi) is 3.62. The molecular weight excluding hydrogens is 246 g/mol. The van der Waals surface area contributed by atoms with E-state index in [2.05, 4.69) is 30.3 Å². The fourth-order valence-electron chi connectivity index (χ4n) is 2.07. The Hall–Kier alpha value is -1.48. The van der Waals surface area contributed by atoms with Gasteiger partial charge in [-0.2, -0.15) is 5.10 Å². The zero-order valence-electron chi connectivity index (χ0n) is 11.2. The third-order valence-electron chi connectivity index (χ3n) is 3.27. The van der Waals surface area contributed by atoms with Gasteiger partial charge in [0.05, 0.1) is 17.1 Å². The number of nitrogens with zero attached hydrogens (tertiary/aromatic N) is 2. The minimum Gasteiger partial charge on any atom is -0.378 e. The van der Waals surface area contributed by atoms with Gasteiger partial charge in [-0.05, 0) is 44.0 Å². The molecule has 4 heteroatoms. The molecule has 0 fully saturated rings. The summed E-state index contributed by atoms with van der Waals surface area (Å²) in [7, 11) is 1.96. The Bertz CT molecular complexity index is 573. The fourth-order valence-corrected chi connectivity index (χ4v) is 2.30. The molecule has 2 rings (SSSR count). The van der Waals surface area contributed by atoms with Gasteiger partial charge in [0.15, 0.2) is 0 Å². The molecule has 18 heavy (non-hydrogen) atoms. The van der Waals surface area contributed by atoms with Crippen molar-refractivity contribution < 1.29 is 0 Å². The van der Waals surface area contributed by atoms with E-state index in [4.69, 9.17) is 11.6 Å². The number of aryl methyl sites for hydroxylation is 3. The van der Waals surface area contributed by atoms with Crippen molar-refractivity contribution in [2.75, 3.05) is 5.32 Å². The zero-order valence-corrected chi connectivity index (χ0v) is 12.0. The molecule has 0 aliphatic carbocycles. The van der Waals surface area contributed by atoms with Crippen LogP contribution in [0.3, 0.4) is 0 Å². The number of nitrogens with one attached hydrogen (secondary N) is 1. The fraction of sp³-hybridized carbons (Fsp3) is 0.357. The molecule has 0 atom stereocenters. The molecule has 0 unspecified atom stereocenters. The quantitative estimate of drug-likeness (QED) is 0.917. The molecule has 2 aromatic rings. The maximum Gasteiger partial charge on any atom is 0.0827 e. The second-order valence-electron chi connectivity index (χ2n) is 4.59. The van der Waals surface area contributed by atoms with Crippen molar-refractivity contribution in [2.45, 2.75) is 27.3 Å². The van der Waals surface area contributed by atoms with Crippen molar-refractivity contribution in [3.63, 3.8) is 0 Å². The van der Waals surface area contributed by atoms with E-state index in [9.17, 15) is 0 Å². The van der Waals surface area contributed by atoms with Gasteiger partial charge >= 0.3 is 0 Å². The predicted molar refractivity (Wildman–Crippen MR) is 76.2 cm³/mol. The highest BCUT2D eigenvalue weighted by molar-refractivity contribution is 6.30. The van der Waals surface area contributed by atoms with Crippen molar-refractivity contribution in [3.8, 4) is 0 Å². The van der Waals surface area contributed by atoms with Gasteiger partial charge < -0.3 is 5.32 Å². The van der Waals surface area contributed by atoms with E-state index in [1.54, 1.807) is 0 Å². The average molecular weight is 264 g/mol. The summed E-state index contributed by atoms with van der Waals surface area (Å²) in [6, 6.07) is 5.97. The highest BCUT2D eigenvalue weighted by Gasteiger charge is 2.09. The van der Waals surface area contributed by atoms with Gasteiger partial charge in [-0.25, -0.2) is 0 Å². The molecule has 1 heterocycles. The van der Waals surface area contributed by atoms with Crippen molar-refractivity contribution in [3.05, 3.63) is 45.7 Å². The molecule has 0 aliphatic heterocycles. The van der Waals surface area contributed by atoms with Crippen LogP contribution >= 0.6 is 11.6 Å². The monoisotopic (exact) mass is 263 g/mol. The first-order chi connectivity index (χ1) is 8.49. The Morgan fingerprint density at radius 2 is 2.00 bits per heavy atom. The maximum atomic E-state index is 5.95. The Morgan fingerprint density at radius 1 is 1.28 bits per heavy atom. The van der Waals surface area contributed by atoms with E-state index >= 15 is 0 Å². The molecule has 96 valence electrons. The number of halogens is 1. The van der Waals surface area contributed by atoms with E-state index in [0.717, 1.165) is 28.6 Å². The van der Waals surface area contributed by atoms with Crippen LogP contribution in [0.5, 0.6) is 0 Å². The summed E-state index contributed by atoms with van der Waals surface area (Å²) >= 11 is 5.95. The number of anilines is 1. The number of benzene rings is 1. The lowest BCUT2D eigenvalue weighted by atomic mass is 10.1. The van der Waals surface area contributed by atoms with E-state index in [-0.39, 0.29) is 0 Å². The SMILES string of the molecule is Cc1cc(Cl)ccc1CNc1c(C)nn(C)c1C.